The van der Waals surface area contributed by atoms with Gasteiger partial charge in [0.25, 0.3) is 5.75 Å². The average molecular weight is 498 g/mol. The molecule has 188 valence electrons. The van der Waals surface area contributed by atoms with Gasteiger partial charge in [-0.3, -0.25) is 10.1 Å². The van der Waals surface area contributed by atoms with E-state index in [0.717, 1.165) is 6.07 Å². The Bertz CT molecular complexity index is 1350. The van der Waals surface area contributed by atoms with Crippen molar-refractivity contribution in [3.63, 3.8) is 0 Å². The Morgan fingerprint density at radius 2 is 2.06 bits per heavy atom. The number of morpholine rings is 1. The second-order valence-electron chi connectivity index (χ2n) is 7.87. The first kappa shape index (κ1) is 24.6. The molecule has 2 N–H and O–H groups in total. The van der Waals surface area contributed by atoms with Crippen LogP contribution in [0.25, 0.3) is 0 Å². The Hall–Kier alpha value is -4.57. The summed E-state index contributed by atoms with van der Waals surface area (Å²) in [6.45, 7) is 4.41. The number of fused-ring (bicyclic) bond motifs is 1. The summed E-state index contributed by atoms with van der Waals surface area (Å²) in [6.07, 6.45) is -0.801. The van der Waals surface area contributed by atoms with E-state index in [1.807, 2.05) is 6.07 Å². The van der Waals surface area contributed by atoms with Crippen LogP contribution >= 0.6 is 0 Å². The van der Waals surface area contributed by atoms with E-state index in [-0.39, 0.29) is 59.5 Å². The monoisotopic (exact) mass is 498 g/mol. The van der Waals surface area contributed by atoms with Gasteiger partial charge < -0.3 is 34.0 Å². The maximum Gasteiger partial charge on any atom is 0.415 e. The Kier molecular flexibility index (Phi) is 6.80. The summed E-state index contributed by atoms with van der Waals surface area (Å²) >= 11 is 0. The highest BCUT2D eigenvalue weighted by atomic mass is 16.6. The number of nitro benzene ring substituents is 1. The number of nitrogens with zero attached hydrogens (tertiary/aromatic N) is 3. The molecule has 2 aliphatic heterocycles. The normalized spacial score (nSPS) is 17.0. The SMILES string of the molecule is CCOc1cc(C2C(C#N)=C(N)Oc3cc(C)oc(=O)c32)cc([N+](=O)[O-])c1OC(=O)N1CCOCC1. The van der Waals surface area contributed by atoms with Gasteiger partial charge in [0.1, 0.15) is 23.2 Å². The van der Waals surface area contributed by atoms with Crippen molar-refractivity contribution >= 4 is 11.8 Å². The van der Waals surface area contributed by atoms with Gasteiger partial charge in [-0.05, 0) is 25.5 Å². The number of rotatable bonds is 5. The van der Waals surface area contributed by atoms with E-state index in [9.17, 15) is 25.0 Å². The van der Waals surface area contributed by atoms with Crippen molar-refractivity contribution < 1.29 is 33.1 Å². The highest BCUT2D eigenvalue weighted by Crippen LogP contribution is 2.46. The van der Waals surface area contributed by atoms with E-state index >= 15 is 0 Å². The molecule has 0 spiro atoms. The number of amides is 1. The van der Waals surface area contributed by atoms with Crippen LogP contribution in [-0.2, 0) is 4.74 Å². The first-order chi connectivity index (χ1) is 17.2. The van der Waals surface area contributed by atoms with Gasteiger partial charge in [0.2, 0.25) is 5.88 Å². The van der Waals surface area contributed by atoms with Gasteiger partial charge in [-0.25, -0.2) is 9.59 Å². The number of hydrogen-bond acceptors (Lipinski definition) is 11. The van der Waals surface area contributed by atoms with Crippen LogP contribution in [0.3, 0.4) is 0 Å². The lowest BCUT2D eigenvalue weighted by Gasteiger charge is -2.27. The zero-order valence-corrected chi connectivity index (χ0v) is 19.4. The van der Waals surface area contributed by atoms with Crippen molar-refractivity contribution in [2.75, 3.05) is 32.9 Å². The molecule has 1 amide bonds. The molecule has 1 aromatic carbocycles. The topological polar surface area (TPSA) is 180 Å². The number of carbonyl (C=O) groups is 1. The number of ether oxygens (including phenoxy) is 4. The fourth-order valence-electron chi connectivity index (χ4n) is 4.02. The summed E-state index contributed by atoms with van der Waals surface area (Å²) in [5.41, 5.74) is 4.49. The number of carbonyl (C=O) groups excluding carboxylic acids is 1. The predicted octanol–water partition coefficient (Wildman–Crippen LogP) is 2.30. The van der Waals surface area contributed by atoms with Crippen molar-refractivity contribution in [1.29, 1.82) is 5.26 Å². The molecule has 1 unspecified atom stereocenters. The quantitative estimate of drug-likeness (QED) is 0.472. The Morgan fingerprint density at radius 3 is 2.69 bits per heavy atom. The van der Waals surface area contributed by atoms with Crippen LogP contribution in [0.15, 0.2) is 38.9 Å². The molecule has 4 rings (SSSR count). The second kappa shape index (κ2) is 9.96. The maximum atomic E-state index is 12.8. The molecule has 2 aromatic rings. The van der Waals surface area contributed by atoms with Gasteiger partial charge in [-0.2, -0.15) is 5.26 Å². The van der Waals surface area contributed by atoms with Crippen molar-refractivity contribution in [2.24, 2.45) is 5.73 Å². The van der Waals surface area contributed by atoms with Crippen molar-refractivity contribution in [3.8, 4) is 23.3 Å². The number of nitro groups is 1. The van der Waals surface area contributed by atoms with Gasteiger partial charge >= 0.3 is 17.4 Å². The largest absolute Gasteiger partial charge is 0.490 e. The van der Waals surface area contributed by atoms with Gasteiger partial charge in [-0.1, -0.05) is 0 Å². The highest BCUT2D eigenvalue weighted by molar-refractivity contribution is 5.75. The van der Waals surface area contributed by atoms with E-state index in [2.05, 4.69) is 0 Å². The summed E-state index contributed by atoms with van der Waals surface area (Å²) in [7, 11) is 0. The minimum Gasteiger partial charge on any atom is -0.490 e. The molecule has 1 atom stereocenters. The van der Waals surface area contributed by atoms with Gasteiger partial charge in [0.15, 0.2) is 5.75 Å². The zero-order chi connectivity index (χ0) is 26.0. The van der Waals surface area contributed by atoms with E-state index in [0.29, 0.717) is 13.2 Å². The van der Waals surface area contributed by atoms with Crippen molar-refractivity contribution in [2.45, 2.75) is 19.8 Å². The van der Waals surface area contributed by atoms with Crippen LogP contribution in [0.2, 0.25) is 0 Å². The molecule has 2 aliphatic rings. The molecule has 0 radical (unpaired) electrons. The van der Waals surface area contributed by atoms with Crippen LogP contribution in [0.1, 0.15) is 29.7 Å². The summed E-state index contributed by atoms with van der Waals surface area (Å²) < 4.78 is 26.9. The molecule has 1 aromatic heterocycles. The van der Waals surface area contributed by atoms with Crippen molar-refractivity contribution in [1.82, 2.24) is 4.90 Å². The number of aryl methyl sites for hydroxylation is 1. The van der Waals surface area contributed by atoms with Crippen molar-refractivity contribution in [3.05, 3.63) is 67.1 Å². The number of nitrogens with two attached hydrogens (primary N) is 1. The Morgan fingerprint density at radius 1 is 1.33 bits per heavy atom. The van der Waals surface area contributed by atoms with Crippen LogP contribution in [0, 0.1) is 28.4 Å². The highest BCUT2D eigenvalue weighted by Gasteiger charge is 2.37. The van der Waals surface area contributed by atoms with Crippen LogP contribution in [-0.4, -0.2) is 48.8 Å². The number of benzene rings is 1. The molecule has 0 saturated carbocycles. The third-order valence-corrected chi connectivity index (χ3v) is 5.60. The third kappa shape index (κ3) is 4.53. The molecule has 36 heavy (non-hydrogen) atoms. The van der Waals surface area contributed by atoms with Crippen LogP contribution < -0.4 is 25.6 Å². The standard InChI is InChI=1S/C23H22N4O9/c1-3-33-17-10-13(9-15(27(30)31)20(17)36-23(29)26-4-6-32-7-5-26)18-14(11-24)21(25)35-16-8-12(2)34-22(28)19(16)18/h8-10,18H,3-7,25H2,1-2H3. The fourth-order valence-corrected chi connectivity index (χ4v) is 4.02. The van der Waals surface area contributed by atoms with Gasteiger partial charge in [-0.15, -0.1) is 0 Å². The minimum atomic E-state index is -1.16. The number of nitriles is 1. The first-order valence-electron chi connectivity index (χ1n) is 11.0. The maximum absolute atomic E-state index is 12.8. The lowest BCUT2D eigenvalue weighted by Crippen LogP contribution is -2.42. The Balaban J connectivity index is 1.88. The predicted molar refractivity (Wildman–Crippen MR) is 122 cm³/mol. The Labute approximate surface area is 204 Å². The molecule has 0 aliphatic carbocycles. The number of hydrogen-bond donors (Lipinski definition) is 1. The summed E-state index contributed by atoms with van der Waals surface area (Å²) in [4.78, 5) is 38.2. The first-order valence-corrected chi connectivity index (χ1v) is 11.0. The summed E-state index contributed by atoms with van der Waals surface area (Å²) in [5, 5.41) is 21.8. The lowest BCUT2D eigenvalue weighted by molar-refractivity contribution is -0.385. The fraction of sp³-hybridized carbons (Fsp3) is 0.348. The zero-order valence-electron chi connectivity index (χ0n) is 19.4. The molecule has 1 fully saturated rings. The van der Waals surface area contributed by atoms with Crippen LogP contribution in [0.4, 0.5) is 10.5 Å². The molecular formula is C23H22N4O9. The smallest absolute Gasteiger partial charge is 0.415 e. The van der Waals surface area contributed by atoms with E-state index in [1.54, 1.807) is 6.92 Å². The van der Waals surface area contributed by atoms with E-state index in [1.165, 1.54) is 24.0 Å². The van der Waals surface area contributed by atoms with Crippen LogP contribution in [0.5, 0.6) is 17.2 Å². The molecule has 1 saturated heterocycles. The molecule has 3 heterocycles. The van der Waals surface area contributed by atoms with E-state index < -0.39 is 34.0 Å². The van der Waals surface area contributed by atoms with Gasteiger partial charge in [0.05, 0.1) is 36.2 Å². The van der Waals surface area contributed by atoms with Gasteiger partial charge in [0, 0.05) is 25.2 Å². The minimum absolute atomic E-state index is 0.0545. The third-order valence-electron chi connectivity index (χ3n) is 5.60. The van der Waals surface area contributed by atoms with E-state index in [4.69, 9.17) is 29.1 Å². The molecule has 13 nitrogen and oxygen atoms in total. The second-order valence-corrected chi connectivity index (χ2v) is 7.87. The molecule has 13 heteroatoms. The summed E-state index contributed by atoms with van der Waals surface area (Å²) in [6, 6.07) is 5.81. The number of allylic oxidation sites excluding steroid dienone is 1. The molecule has 0 bridgehead atoms. The molecular weight excluding hydrogens is 476 g/mol. The summed E-state index contributed by atoms with van der Waals surface area (Å²) in [5.74, 6) is -1.63. The average Bonchev–Trinajstić information content (AvgIpc) is 2.84. The lowest BCUT2D eigenvalue weighted by atomic mass is 9.84.